The summed E-state index contributed by atoms with van der Waals surface area (Å²) in [6, 6.07) is 7.85. The predicted molar refractivity (Wildman–Crippen MR) is 91.4 cm³/mol. The van der Waals surface area contributed by atoms with Gasteiger partial charge in [0.05, 0.1) is 6.54 Å². The van der Waals surface area contributed by atoms with Gasteiger partial charge in [0.15, 0.2) is 13.1 Å². The Morgan fingerprint density at radius 1 is 1.23 bits per heavy atom. The zero-order valence-corrected chi connectivity index (χ0v) is 14.5. The largest absolute Gasteiger partial charge is 0.349 e. The maximum Gasteiger partial charge on any atom is 0.279 e. The topological polar surface area (TPSA) is 62.6 Å². The molecule has 0 aliphatic rings. The van der Waals surface area contributed by atoms with Crippen LogP contribution in [0.5, 0.6) is 0 Å². The molecule has 122 valence electrons. The highest BCUT2D eigenvalue weighted by Gasteiger charge is 2.17. The molecule has 0 aromatic heterocycles. The van der Waals surface area contributed by atoms with Crippen molar-refractivity contribution >= 4 is 29.3 Å². The maximum absolute atomic E-state index is 12.1. The van der Waals surface area contributed by atoms with Gasteiger partial charge in [-0.1, -0.05) is 6.07 Å². The highest BCUT2D eigenvalue weighted by Crippen LogP contribution is 2.18. The molecule has 0 bridgehead atoms. The lowest BCUT2D eigenvalue weighted by molar-refractivity contribution is -0.881. The van der Waals surface area contributed by atoms with Gasteiger partial charge in [-0.3, -0.25) is 9.59 Å². The molecular formula is C16H26N3O2S+. The number of quaternary nitrogens is 1. The van der Waals surface area contributed by atoms with Gasteiger partial charge in [-0.05, 0) is 45.2 Å². The maximum atomic E-state index is 12.1. The zero-order chi connectivity index (χ0) is 16.5. The summed E-state index contributed by atoms with van der Waals surface area (Å²) >= 11 is 1.63. The van der Waals surface area contributed by atoms with Crippen molar-refractivity contribution in [2.24, 2.45) is 0 Å². The monoisotopic (exact) mass is 324 g/mol. The third-order valence-corrected chi connectivity index (χ3v) is 3.85. The van der Waals surface area contributed by atoms with Crippen LogP contribution in [0, 0.1) is 0 Å². The second-order valence-electron chi connectivity index (χ2n) is 5.46. The summed E-state index contributed by atoms with van der Waals surface area (Å²) in [5.41, 5.74) is 0.791. The van der Waals surface area contributed by atoms with E-state index in [0.717, 1.165) is 22.0 Å². The van der Waals surface area contributed by atoms with Gasteiger partial charge in [-0.2, -0.15) is 0 Å². The molecule has 6 heteroatoms. The number of thioether (sulfide) groups is 1. The summed E-state index contributed by atoms with van der Waals surface area (Å²) in [7, 11) is 0. The molecule has 1 rings (SSSR count). The van der Waals surface area contributed by atoms with E-state index >= 15 is 0 Å². The summed E-state index contributed by atoms with van der Waals surface area (Å²) in [5, 5.41) is 5.74. The molecule has 0 fully saturated rings. The van der Waals surface area contributed by atoms with Crippen LogP contribution < -0.4 is 15.5 Å². The van der Waals surface area contributed by atoms with Gasteiger partial charge in [0.25, 0.3) is 11.8 Å². The molecule has 0 spiro atoms. The van der Waals surface area contributed by atoms with Crippen molar-refractivity contribution < 1.29 is 14.5 Å². The first-order valence-corrected chi connectivity index (χ1v) is 8.73. The summed E-state index contributed by atoms with van der Waals surface area (Å²) in [6.45, 7) is 7.14. The molecule has 1 aromatic carbocycles. The van der Waals surface area contributed by atoms with E-state index in [4.69, 9.17) is 0 Å². The van der Waals surface area contributed by atoms with Crippen LogP contribution in [0.4, 0.5) is 5.69 Å². The fourth-order valence-electron chi connectivity index (χ4n) is 2.05. The number of amides is 2. The summed E-state index contributed by atoms with van der Waals surface area (Å²) in [5.74, 6) is -0.100. The van der Waals surface area contributed by atoms with Crippen molar-refractivity contribution in [1.29, 1.82) is 0 Å². The molecule has 0 radical (unpaired) electrons. The summed E-state index contributed by atoms with van der Waals surface area (Å²) in [4.78, 5) is 25.9. The fraction of sp³-hybridized carbons (Fsp3) is 0.500. The van der Waals surface area contributed by atoms with Crippen LogP contribution in [0.1, 0.15) is 20.8 Å². The molecule has 3 N–H and O–H groups in total. The Labute approximate surface area is 136 Å². The quantitative estimate of drug-likeness (QED) is 0.619. The number of nitrogens with one attached hydrogen (secondary N) is 3. The number of anilines is 1. The van der Waals surface area contributed by atoms with E-state index < -0.39 is 0 Å². The lowest BCUT2D eigenvalue weighted by Gasteiger charge is -2.18. The average molecular weight is 324 g/mol. The third-order valence-electron chi connectivity index (χ3n) is 3.12. The molecular weight excluding hydrogens is 298 g/mol. The van der Waals surface area contributed by atoms with Crippen LogP contribution >= 0.6 is 11.8 Å². The Hall–Kier alpha value is -1.53. The number of carbonyl (C=O) groups is 2. The lowest BCUT2D eigenvalue weighted by Crippen LogP contribution is -3.14. The van der Waals surface area contributed by atoms with Crippen molar-refractivity contribution in [1.82, 2.24) is 5.32 Å². The van der Waals surface area contributed by atoms with E-state index in [-0.39, 0.29) is 24.4 Å². The Morgan fingerprint density at radius 3 is 2.50 bits per heavy atom. The minimum Gasteiger partial charge on any atom is -0.349 e. The minimum absolute atomic E-state index is 0.0240. The third kappa shape index (κ3) is 6.95. The molecule has 0 aliphatic heterocycles. The van der Waals surface area contributed by atoms with Crippen LogP contribution in [0.3, 0.4) is 0 Å². The second kappa shape index (κ2) is 9.48. The van der Waals surface area contributed by atoms with Gasteiger partial charge >= 0.3 is 0 Å². The molecule has 5 nitrogen and oxygen atoms in total. The first-order valence-electron chi connectivity index (χ1n) is 7.51. The number of carbonyl (C=O) groups excluding carboxylic acids is 2. The first-order chi connectivity index (χ1) is 10.4. The number of likely N-dealkylation sites (N-methyl/N-ethyl adjacent to an activating group) is 1. The van der Waals surface area contributed by atoms with Gasteiger partial charge in [-0.25, -0.2) is 0 Å². The Balaban J connectivity index is 2.52. The van der Waals surface area contributed by atoms with Crippen LogP contribution in [-0.2, 0) is 9.59 Å². The van der Waals surface area contributed by atoms with Crippen molar-refractivity contribution in [3.63, 3.8) is 0 Å². The van der Waals surface area contributed by atoms with Crippen molar-refractivity contribution in [2.75, 3.05) is 31.2 Å². The van der Waals surface area contributed by atoms with Crippen LogP contribution in [0.15, 0.2) is 29.2 Å². The number of hydrogen-bond donors (Lipinski definition) is 3. The molecule has 0 heterocycles. The number of benzene rings is 1. The molecule has 2 amide bonds. The van der Waals surface area contributed by atoms with Crippen LogP contribution in [0.25, 0.3) is 0 Å². The fourth-order valence-corrected chi connectivity index (χ4v) is 2.51. The molecule has 0 aliphatic carbocycles. The van der Waals surface area contributed by atoms with Gasteiger partial charge in [-0.15, -0.1) is 11.8 Å². The summed E-state index contributed by atoms with van der Waals surface area (Å²) < 4.78 is 0. The smallest absolute Gasteiger partial charge is 0.279 e. The summed E-state index contributed by atoms with van der Waals surface area (Å²) in [6.07, 6.45) is 2.00. The highest BCUT2D eigenvalue weighted by atomic mass is 32.2. The van der Waals surface area contributed by atoms with E-state index in [1.54, 1.807) is 11.8 Å². The Kier molecular flexibility index (Phi) is 7.98. The van der Waals surface area contributed by atoms with E-state index in [1.807, 2.05) is 51.3 Å². The molecule has 1 aromatic rings. The standard InChI is InChI=1S/C16H25N3O2S/c1-5-19(10-15(20)17-12(2)3)11-16(21)18-13-7-6-8-14(9-13)22-4/h6-9,12H,5,10-11H2,1-4H3,(H,17,20)(H,18,21)/p+1. The van der Waals surface area contributed by atoms with E-state index in [9.17, 15) is 9.59 Å². The lowest BCUT2D eigenvalue weighted by atomic mass is 10.3. The first kappa shape index (κ1) is 18.5. The van der Waals surface area contributed by atoms with E-state index in [0.29, 0.717) is 6.54 Å². The van der Waals surface area contributed by atoms with Crippen molar-refractivity contribution in [3.8, 4) is 0 Å². The zero-order valence-electron chi connectivity index (χ0n) is 13.7. The Morgan fingerprint density at radius 2 is 1.91 bits per heavy atom. The second-order valence-corrected chi connectivity index (χ2v) is 6.34. The van der Waals surface area contributed by atoms with Crippen molar-refractivity contribution in [3.05, 3.63) is 24.3 Å². The van der Waals surface area contributed by atoms with E-state index in [2.05, 4.69) is 10.6 Å². The molecule has 0 saturated carbocycles. The van der Waals surface area contributed by atoms with Gasteiger partial charge in [0.1, 0.15) is 0 Å². The Bertz CT molecular complexity index is 506. The van der Waals surface area contributed by atoms with E-state index in [1.165, 1.54) is 0 Å². The normalized spacial score (nSPS) is 12.0. The molecule has 1 unspecified atom stereocenters. The van der Waals surface area contributed by atoms with Crippen LogP contribution in [0.2, 0.25) is 0 Å². The van der Waals surface area contributed by atoms with Gasteiger partial charge in [0.2, 0.25) is 0 Å². The molecule has 22 heavy (non-hydrogen) atoms. The predicted octanol–water partition coefficient (Wildman–Crippen LogP) is 0.776. The van der Waals surface area contributed by atoms with Crippen LogP contribution in [-0.4, -0.2) is 43.7 Å². The molecule has 1 atom stereocenters. The number of hydrogen-bond acceptors (Lipinski definition) is 3. The van der Waals surface area contributed by atoms with Crippen molar-refractivity contribution in [2.45, 2.75) is 31.7 Å². The van der Waals surface area contributed by atoms with Gasteiger partial charge in [0, 0.05) is 16.6 Å². The minimum atomic E-state index is -0.0764. The SMILES string of the molecule is CC[NH+](CC(=O)Nc1cccc(SC)c1)CC(=O)NC(C)C. The number of rotatable bonds is 8. The molecule has 0 saturated heterocycles. The van der Waals surface area contributed by atoms with Gasteiger partial charge < -0.3 is 15.5 Å². The average Bonchev–Trinajstić information content (AvgIpc) is 2.45. The highest BCUT2D eigenvalue weighted by molar-refractivity contribution is 7.98.